The van der Waals surface area contributed by atoms with E-state index in [1.165, 1.54) is 0 Å². The van der Waals surface area contributed by atoms with E-state index in [9.17, 15) is 14.7 Å². The van der Waals surface area contributed by atoms with Gasteiger partial charge in [0.25, 0.3) is 0 Å². The van der Waals surface area contributed by atoms with Gasteiger partial charge in [-0.2, -0.15) is 0 Å². The van der Waals surface area contributed by atoms with Crippen molar-refractivity contribution in [3.05, 3.63) is 24.3 Å². The van der Waals surface area contributed by atoms with Crippen molar-refractivity contribution in [3.63, 3.8) is 0 Å². The van der Waals surface area contributed by atoms with Crippen molar-refractivity contribution in [1.82, 2.24) is 4.90 Å². The fourth-order valence-electron chi connectivity index (χ4n) is 4.25. The molecule has 26 heavy (non-hydrogen) atoms. The molecule has 0 spiro atoms. The molecule has 1 aliphatic heterocycles. The zero-order valence-corrected chi connectivity index (χ0v) is 15.2. The van der Waals surface area contributed by atoms with Gasteiger partial charge in [0.15, 0.2) is 0 Å². The number of amides is 1. The first-order chi connectivity index (χ1) is 12.6. The minimum Gasteiger partial charge on any atom is -0.497 e. The van der Waals surface area contributed by atoms with Crippen LogP contribution in [0.25, 0.3) is 0 Å². The Kier molecular flexibility index (Phi) is 6.01. The Morgan fingerprint density at radius 1 is 1.15 bits per heavy atom. The first-order valence-electron chi connectivity index (χ1n) is 9.41. The second-order valence-corrected chi connectivity index (χ2v) is 7.13. The molecule has 0 bridgehead atoms. The van der Waals surface area contributed by atoms with Crippen molar-refractivity contribution in [2.45, 2.75) is 57.0 Å². The number of aliphatic carboxylic acids is 1. The van der Waals surface area contributed by atoms with E-state index in [2.05, 4.69) is 0 Å². The number of carbonyl (C=O) groups is 2. The largest absolute Gasteiger partial charge is 0.497 e. The molecule has 1 saturated heterocycles. The third-order valence-corrected chi connectivity index (χ3v) is 5.52. The Bertz CT molecular complexity index is 630. The van der Waals surface area contributed by atoms with Gasteiger partial charge < -0.3 is 19.5 Å². The second kappa shape index (κ2) is 8.43. The SMILES string of the molecule is COc1ccc(OCCCC(=O)N2C(C(=O)O)CC3CCCCC32)cc1. The van der Waals surface area contributed by atoms with E-state index >= 15 is 0 Å². The molecule has 1 aromatic carbocycles. The highest BCUT2D eigenvalue weighted by Crippen LogP contribution is 2.40. The Morgan fingerprint density at radius 2 is 1.85 bits per heavy atom. The molecule has 3 atom stereocenters. The van der Waals surface area contributed by atoms with Crippen molar-refractivity contribution in [2.24, 2.45) is 5.92 Å². The molecule has 0 aromatic heterocycles. The lowest BCUT2D eigenvalue weighted by atomic mass is 9.84. The van der Waals surface area contributed by atoms with Crippen LogP contribution in [0.4, 0.5) is 0 Å². The molecule has 1 N–H and O–H groups in total. The van der Waals surface area contributed by atoms with Gasteiger partial charge in [0.2, 0.25) is 5.91 Å². The number of carbonyl (C=O) groups excluding carboxylic acids is 1. The molecule has 2 fully saturated rings. The third-order valence-electron chi connectivity index (χ3n) is 5.52. The van der Waals surface area contributed by atoms with Crippen LogP contribution in [0.2, 0.25) is 0 Å². The molecule has 142 valence electrons. The smallest absolute Gasteiger partial charge is 0.326 e. The van der Waals surface area contributed by atoms with Gasteiger partial charge in [0.05, 0.1) is 13.7 Å². The summed E-state index contributed by atoms with van der Waals surface area (Å²) >= 11 is 0. The summed E-state index contributed by atoms with van der Waals surface area (Å²) < 4.78 is 10.8. The number of carboxylic acid groups (broad SMARTS) is 1. The monoisotopic (exact) mass is 361 g/mol. The summed E-state index contributed by atoms with van der Waals surface area (Å²) in [5, 5.41) is 9.51. The summed E-state index contributed by atoms with van der Waals surface area (Å²) in [4.78, 5) is 26.0. The lowest BCUT2D eigenvalue weighted by Crippen LogP contribution is -2.46. The van der Waals surface area contributed by atoms with Crippen LogP contribution in [-0.4, -0.2) is 47.7 Å². The minimum atomic E-state index is -0.873. The lowest BCUT2D eigenvalue weighted by molar-refractivity contribution is -0.150. The summed E-state index contributed by atoms with van der Waals surface area (Å²) in [5.74, 6) is 0.926. The van der Waals surface area contributed by atoms with Gasteiger partial charge in [-0.1, -0.05) is 12.8 Å². The van der Waals surface area contributed by atoms with Crippen LogP contribution < -0.4 is 9.47 Å². The standard InChI is InChI=1S/C20H27NO5/c1-25-15-8-10-16(11-9-15)26-12-4-7-19(22)21-17-6-3-2-5-14(17)13-18(21)20(23)24/h8-11,14,17-18H,2-7,12-13H2,1H3,(H,23,24). The number of hydrogen-bond donors (Lipinski definition) is 1. The predicted octanol–water partition coefficient (Wildman–Crippen LogP) is 3.10. The highest BCUT2D eigenvalue weighted by Gasteiger charge is 2.47. The predicted molar refractivity (Wildman–Crippen MR) is 96.4 cm³/mol. The average molecular weight is 361 g/mol. The number of hydrogen-bond acceptors (Lipinski definition) is 4. The normalized spacial score (nSPS) is 24.8. The molecule has 6 nitrogen and oxygen atoms in total. The molecule has 1 aliphatic carbocycles. The van der Waals surface area contributed by atoms with Gasteiger partial charge in [-0.25, -0.2) is 4.79 Å². The number of nitrogens with zero attached hydrogens (tertiary/aromatic N) is 1. The number of ether oxygens (including phenoxy) is 2. The first kappa shape index (κ1) is 18.5. The van der Waals surface area contributed by atoms with Crippen molar-refractivity contribution < 1.29 is 24.2 Å². The molecule has 0 radical (unpaired) electrons. The van der Waals surface area contributed by atoms with Crippen LogP contribution in [0, 0.1) is 5.92 Å². The van der Waals surface area contributed by atoms with Gasteiger partial charge in [-0.05, 0) is 55.9 Å². The maximum atomic E-state index is 12.7. The third kappa shape index (κ3) is 4.11. The highest BCUT2D eigenvalue weighted by atomic mass is 16.5. The van der Waals surface area contributed by atoms with E-state index in [-0.39, 0.29) is 11.9 Å². The van der Waals surface area contributed by atoms with Crippen molar-refractivity contribution in [3.8, 4) is 11.5 Å². The van der Waals surface area contributed by atoms with Crippen LogP contribution in [0.15, 0.2) is 24.3 Å². The fourth-order valence-corrected chi connectivity index (χ4v) is 4.25. The zero-order chi connectivity index (χ0) is 18.5. The van der Waals surface area contributed by atoms with Gasteiger partial charge >= 0.3 is 5.97 Å². The Hall–Kier alpha value is -2.24. The summed E-state index contributed by atoms with van der Waals surface area (Å²) in [6, 6.07) is 6.76. The van der Waals surface area contributed by atoms with Gasteiger partial charge in [-0.3, -0.25) is 4.79 Å². The van der Waals surface area contributed by atoms with Gasteiger partial charge in [0, 0.05) is 12.5 Å². The van der Waals surface area contributed by atoms with Gasteiger partial charge in [-0.15, -0.1) is 0 Å². The first-order valence-corrected chi connectivity index (χ1v) is 9.41. The van der Waals surface area contributed by atoms with E-state index in [0.717, 1.165) is 37.2 Å². The summed E-state index contributed by atoms with van der Waals surface area (Å²) in [7, 11) is 1.61. The summed E-state index contributed by atoms with van der Waals surface area (Å²) in [6.07, 6.45) is 5.70. The quantitative estimate of drug-likeness (QED) is 0.755. The van der Waals surface area contributed by atoms with Crippen molar-refractivity contribution in [2.75, 3.05) is 13.7 Å². The highest BCUT2D eigenvalue weighted by molar-refractivity contribution is 5.84. The maximum absolute atomic E-state index is 12.7. The Labute approximate surface area is 154 Å². The lowest BCUT2D eigenvalue weighted by Gasteiger charge is -2.33. The van der Waals surface area contributed by atoms with Crippen LogP contribution in [0.3, 0.4) is 0 Å². The molecule has 1 aromatic rings. The molecule has 3 unspecified atom stereocenters. The van der Waals surface area contributed by atoms with Crippen LogP contribution in [0.5, 0.6) is 11.5 Å². The number of benzene rings is 1. The average Bonchev–Trinajstić information content (AvgIpc) is 3.05. The second-order valence-electron chi connectivity index (χ2n) is 7.13. The summed E-state index contributed by atoms with van der Waals surface area (Å²) in [5.41, 5.74) is 0. The van der Waals surface area contributed by atoms with E-state index in [0.29, 0.717) is 31.8 Å². The molecular weight excluding hydrogens is 334 g/mol. The number of likely N-dealkylation sites (tertiary alicyclic amines) is 1. The van der Waals surface area contributed by atoms with Crippen LogP contribution in [-0.2, 0) is 9.59 Å². The van der Waals surface area contributed by atoms with Crippen molar-refractivity contribution in [1.29, 1.82) is 0 Å². The Balaban J connectivity index is 1.50. The van der Waals surface area contributed by atoms with E-state index in [1.54, 1.807) is 12.0 Å². The van der Waals surface area contributed by atoms with Gasteiger partial charge in [0.1, 0.15) is 17.5 Å². The topological polar surface area (TPSA) is 76.1 Å². The number of rotatable bonds is 7. The molecule has 1 heterocycles. The fraction of sp³-hybridized carbons (Fsp3) is 0.600. The zero-order valence-electron chi connectivity index (χ0n) is 15.2. The minimum absolute atomic E-state index is 0.0508. The van der Waals surface area contributed by atoms with Crippen LogP contribution >= 0.6 is 0 Å². The molecular formula is C20H27NO5. The van der Waals surface area contributed by atoms with E-state index in [1.807, 2.05) is 24.3 Å². The number of fused-ring (bicyclic) bond motifs is 1. The Morgan fingerprint density at radius 3 is 2.54 bits per heavy atom. The van der Waals surface area contributed by atoms with Crippen molar-refractivity contribution >= 4 is 11.9 Å². The van der Waals surface area contributed by atoms with Crippen LogP contribution in [0.1, 0.15) is 44.9 Å². The molecule has 2 aliphatic rings. The molecule has 6 heteroatoms. The van der Waals surface area contributed by atoms with E-state index in [4.69, 9.17) is 9.47 Å². The number of methoxy groups -OCH3 is 1. The molecule has 3 rings (SSSR count). The number of carboxylic acids is 1. The molecule has 1 saturated carbocycles. The maximum Gasteiger partial charge on any atom is 0.326 e. The molecule has 1 amide bonds. The summed E-state index contributed by atoms with van der Waals surface area (Å²) in [6.45, 7) is 0.428. The van der Waals surface area contributed by atoms with E-state index < -0.39 is 12.0 Å².